The second-order valence-electron chi connectivity index (χ2n) is 8.51. The molecule has 2 saturated heterocycles. The summed E-state index contributed by atoms with van der Waals surface area (Å²) >= 11 is 0. The van der Waals surface area contributed by atoms with E-state index in [1.165, 1.54) is 49.3 Å². The lowest BCUT2D eigenvalue weighted by molar-refractivity contribution is -0.122. The summed E-state index contributed by atoms with van der Waals surface area (Å²) in [7, 11) is -3.57. The first-order valence-electron chi connectivity index (χ1n) is 11.2. The van der Waals surface area contributed by atoms with Crippen molar-refractivity contribution in [1.82, 2.24) is 14.5 Å². The molecule has 2 N–H and O–H groups in total. The maximum absolute atomic E-state index is 12.9. The molecular weight excluding hydrogens is 416 g/mol. The van der Waals surface area contributed by atoms with E-state index >= 15 is 0 Å². The average Bonchev–Trinajstić information content (AvgIpc) is 3.25. The van der Waals surface area contributed by atoms with Gasteiger partial charge in [-0.05, 0) is 81.9 Å². The Morgan fingerprint density at radius 1 is 1.03 bits per heavy atom. The predicted molar refractivity (Wildman–Crippen MR) is 120 cm³/mol. The van der Waals surface area contributed by atoms with E-state index in [9.17, 15) is 18.0 Å². The summed E-state index contributed by atoms with van der Waals surface area (Å²) < 4.78 is 27.3. The number of sulfonamides is 1. The highest BCUT2D eigenvalue weighted by Gasteiger charge is 2.30. The topological polar surface area (TPSA) is 98.8 Å². The van der Waals surface area contributed by atoms with Gasteiger partial charge in [-0.15, -0.1) is 0 Å². The summed E-state index contributed by atoms with van der Waals surface area (Å²) in [6.45, 7) is 6.35. The molecule has 2 aliphatic heterocycles. The maximum Gasteiger partial charge on any atom is 0.243 e. The van der Waals surface area contributed by atoms with Crippen LogP contribution in [-0.4, -0.2) is 68.7 Å². The Hall–Kier alpha value is -1.97. The number of hydrogen-bond acceptors (Lipinski definition) is 5. The Morgan fingerprint density at radius 2 is 1.68 bits per heavy atom. The Kier molecular flexibility index (Phi) is 8.45. The molecular formula is C22H34N4O4S. The Bertz CT molecular complexity index is 843. The van der Waals surface area contributed by atoms with E-state index < -0.39 is 10.0 Å². The van der Waals surface area contributed by atoms with Gasteiger partial charge in [0.05, 0.1) is 4.90 Å². The molecule has 172 valence electrons. The van der Waals surface area contributed by atoms with Crippen molar-refractivity contribution >= 4 is 27.5 Å². The molecule has 3 rings (SSSR count). The zero-order valence-electron chi connectivity index (χ0n) is 18.3. The van der Waals surface area contributed by atoms with Crippen LogP contribution in [0.15, 0.2) is 29.2 Å². The molecule has 9 heteroatoms. The monoisotopic (exact) mass is 450 g/mol. The minimum atomic E-state index is -3.57. The summed E-state index contributed by atoms with van der Waals surface area (Å²) in [6, 6.07) is 6.22. The quantitative estimate of drug-likeness (QED) is 0.561. The van der Waals surface area contributed by atoms with Gasteiger partial charge in [-0.2, -0.15) is 4.31 Å². The number of carbonyl (C=O) groups excluding carboxylic acids is 2. The van der Waals surface area contributed by atoms with Crippen LogP contribution >= 0.6 is 0 Å². The van der Waals surface area contributed by atoms with Gasteiger partial charge in [0.25, 0.3) is 0 Å². The van der Waals surface area contributed by atoms with E-state index in [-0.39, 0.29) is 22.6 Å². The number of piperidine rings is 1. The zero-order chi connectivity index (χ0) is 22.3. The van der Waals surface area contributed by atoms with Crippen molar-refractivity contribution in [2.75, 3.05) is 44.6 Å². The Balaban J connectivity index is 1.39. The normalized spacial score (nSPS) is 18.7. The van der Waals surface area contributed by atoms with E-state index in [2.05, 4.69) is 15.5 Å². The van der Waals surface area contributed by atoms with Crippen molar-refractivity contribution in [2.24, 2.45) is 5.92 Å². The van der Waals surface area contributed by atoms with Crippen LogP contribution in [0.1, 0.15) is 45.4 Å². The van der Waals surface area contributed by atoms with Gasteiger partial charge >= 0.3 is 0 Å². The van der Waals surface area contributed by atoms with E-state index in [0.29, 0.717) is 44.6 Å². The van der Waals surface area contributed by atoms with Gasteiger partial charge in [-0.1, -0.05) is 0 Å². The van der Waals surface area contributed by atoms with E-state index in [0.717, 1.165) is 13.0 Å². The van der Waals surface area contributed by atoms with E-state index in [4.69, 9.17) is 0 Å². The number of amides is 2. The zero-order valence-corrected chi connectivity index (χ0v) is 19.1. The third-order valence-electron chi connectivity index (χ3n) is 6.03. The second-order valence-corrected chi connectivity index (χ2v) is 10.4. The molecule has 8 nitrogen and oxygen atoms in total. The van der Waals surface area contributed by atoms with Crippen LogP contribution in [-0.2, 0) is 19.6 Å². The van der Waals surface area contributed by atoms with Gasteiger partial charge in [0.2, 0.25) is 21.8 Å². The van der Waals surface area contributed by atoms with Crippen molar-refractivity contribution < 1.29 is 18.0 Å². The number of carbonyl (C=O) groups is 2. The summed E-state index contributed by atoms with van der Waals surface area (Å²) in [5, 5.41) is 5.64. The fraction of sp³-hybridized carbons (Fsp3) is 0.636. The van der Waals surface area contributed by atoms with E-state index in [1.54, 1.807) is 12.1 Å². The first-order valence-corrected chi connectivity index (χ1v) is 12.7. The van der Waals surface area contributed by atoms with Crippen LogP contribution in [0, 0.1) is 5.92 Å². The predicted octanol–water partition coefficient (Wildman–Crippen LogP) is 2.04. The molecule has 0 atom stereocenters. The summed E-state index contributed by atoms with van der Waals surface area (Å²) in [6.07, 6.45) is 5.37. The first-order chi connectivity index (χ1) is 14.8. The number of benzene rings is 1. The fourth-order valence-corrected chi connectivity index (χ4v) is 5.76. The molecule has 2 amide bonds. The van der Waals surface area contributed by atoms with Crippen LogP contribution in [0.25, 0.3) is 0 Å². The standard InChI is InChI=1S/C22H34N4O4S/c1-18(27)24-20-5-7-21(8-6-20)31(29,30)26-15-9-19(10-16-26)17-22(28)23-11-4-14-25-12-2-3-13-25/h5-8,19H,2-4,9-17H2,1H3,(H,23,28)(H,24,27). The molecule has 2 aliphatic rings. The van der Waals surface area contributed by atoms with Crippen LogP contribution in [0.4, 0.5) is 5.69 Å². The summed E-state index contributed by atoms with van der Waals surface area (Å²) in [4.78, 5) is 26.0. The highest BCUT2D eigenvalue weighted by atomic mass is 32.2. The lowest BCUT2D eigenvalue weighted by atomic mass is 9.94. The van der Waals surface area contributed by atoms with Gasteiger partial charge in [-0.25, -0.2) is 8.42 Å². The van der Waals surface area contributed by atoms with Crippen LogP contribution in [0.3, 0.4) is 0 Å². The average molecular weight is 451 g/mol. The van der Waals surface area contributed by atoms with Crippen molar-refractivity contribution in [1.29, 1.82) is 0 Å². The maximum atomic E-state index is 12.9. The lowest BCUT2D eigenvalue weighted by Crippen LogP contribution is -2.39. The van der Waals surface area contributed by atoms with Crippen LogP contribution in [0.5, 0.6) is 0 Å². The molecule has 0 saturated carbocycles. The SMILES string of the molecule is CC(=O)Nc1ccc(S(=O)(=O)N2CCC(CC(=O)NCCCN3CCCC3)CC2)cc1. The van der Waals surface area contributed by atoms with Gasteiger partial charge < -0.3 is 15.5 Å². The number of nitrogens with zero attached hydrogens (tertiary/aromatic N) is 2. The second kappa shape index (κ2) is 11.1. The molecule has 2 fully saturated rings. The molecule has 2 heterocycles. The first kappa shape index (κ1) is 23.7. The van der Waals surface area contributed by atoms with Crippen LogP contribution in [0.2, 0.25) is 0 Å². The minimum absolute atomic E-state index is 0.0660. The molecule has 1 aromatic rings. The molecule has 31 heavy (non-hydrogen) atoms. The van der Waals surface area contributed by atoms with Crippen molar-refractivity contribution in [2.45, 2.75) is 50.3 Å². The number of rotatable bonds is 9. The van der Waals surface area contributed by atoms with Gasteiger partial charge in [0.1, 0.15) is 0 Å². The van der Waals surface area contributed by atoms with Crippen LogP contribution < -0.4 is 10.6 Å². The van der Waals surface area contributed by atoms with Gasteiger partial charge in [-0.3, -0.25) is 9.59 Å². The highest BCUT2D eigenvalue weighted by Crippen LogP contribution is 2.26. The molecule has 0 unspecified atom stereocenters. The number of anilines is 1. The number of likely N-dealkylation sites (tertiary alicyclic amines) is 1. The summed E-state index contributed by atoms with van der Waals surface area (Å²) in [5.41, 5.74) is 0.566. The van der Waals surface area contributed by atoms with Crippen molar-refractivity contribution in [3.63, 3.8) is 0 Å². The largest absolute Gasteiger partial charge is 0.356 e. The summed E-state index contributed by atoms with van der Waals surface area (Å²) in [5.74, 6) is 0.0803. The lowest BCUT2D eigenvalue weighted by Gasteiger charge is -2.31. The third kappa shape index (κ3) is 7.02. The number of nitrogens with one attached hydrogen (secondary N) is 2. The fourth-order valence-electron chi connectivity index (χ4n) is 4.29. The Morgan fingerprint density at radius 3 is 2.29 bits per heavy atom. The molecule has 1 aromatic carbocycles. The van der Waals surface area contributed by atoms with E-state index in [1.807, 2.05) is 0 Å². The molecule has 0 aliphatic carbocycles. The molecule has 0 spiro atoms. The molecule has 0 aromatic heterocycles. The van der Waals surface area contributed by atoms with Gasteiger partial charge in [0.15, 0.2) is 0 Å². The Labute approximate surface area is 185 Å². The van der Waals surface area contributed by atoms with Crippen molar-refractivity contribution in [3.05, 3.63) is 24.3 Å². The minimum Gasteiger partial charge on any atom is -0.356 e. The number of hydrogen-bond donors (Lipinski definition) is 2. The molecule has 0 radical (unpaired) electrons. The van der Waals surface area contributed by atoms with Gasteiger partial charge in [0, 0.05) is 38.7 Å². The highest BCUT2D eigenvalue weighted by molar-refractivity contribution is 7.89. The third-order valence-corrected chi connectivity index (χ3v) is 7.94. The van der Waals surface area contributed by atoms with Crippen molar-refractivity contribution in [3.8, 4) is 0 Å². The smallest absolute Gasteiger partial charge is 0.243 e. The molecule has 0 bridgehead atoms.